The zero-order valence-electron chi connectivity index (χ0n) is 21.3. The SMILES string of the molecule is CCCCCCCCCCCCOS(=O)(=O)c1ccccc1.II(c1ccccc1)c1ccccc1. The summed E-state index contributed by atoms with van der Waals surface area (Å²) in [4.78, 5) is 0.238. The predicted molar refractivity (Wildman–Crippen MR) is 170 cm³/mol. The molecular weight excluding hydrogens is 694 g/mol. The first-order chi connectivity index (χ1) is 17.5. The molecule has 0 amide bonds. The molecule has 0 aliphatic heterocycles. The fourth-order valence-corrected chi connectivity index (χ4v) is 11.0. The van der Waals surface area contributed by atoms with Crippen LogP contribution >= 0.6 is 34.5 Å². The average molecular weight is 735 g/mol. The molecule has 0 atom stereocenters. The van der Waals surface area contributed by atoms with E-state index in [1.165, 1.54) is 58.5 Å². The molecule has 0 saturated heterocycles. The van der Waals surface area contributed by atoms with Crippen LogP contribution in [0.1, 0.15) is 71.1 Å². The summed E-state index contributed by atoms with van der Waals surface area (Å²) in [5.41, 5.74) is 0. The molecule has 3 rings (SSSR count). The van der Waals surface area contributed by atoms with Crippen molar-refractivity contribution in [2.75, 3.05) is 6.61 Å². The third kappa shape index (κ3) is 13.0. The average Bonchev–Trinajstić information content (AvgIpc) is 2.93. The van der Waals surface area contributed by atoms with E-state index in [4.69, 9.17) is 4.18 Å². The van der Waals surface area contributed by atoms with Gasteiger partial charge >= 0.3 is 102 Å². The number of hydrogen-bond acceptors (Lipinski definition) is 3. The predicted octanol–water partition coefficient (Wildman–Crippen LogP) is 9.90. The fraction of sp³-hybridized carbons (Fsp3) is 0.400. The molecule has 0 unspecified atom stereocenters. The molecule has 0 heterocycles. The molecule has 0 fully saturated rings. The molecule has 0 N–H and O–H groups in total. The summed E-state index contributed by atoms with van der Waals surface area (Å²) < 4.78 is 31.8. The third-order valence-corrected chi connectivity index (χ3v) is 16.9. The zero-order valence-corrected chi connectivity index (χ0v) is 26.5. The van der Waals surface area contributed by atoms with Gasteiger partial charge in [-0.3, -0.25) is 4.18 Å². The summed E-state index contributed by atoms with van der Waals surface area (Å²) in [6, 6.07) is 30.0. The quantitative estimate of drug-likeness (QED) is 0.0888. The molecule has 3 aromatic rings. The normalized spacial score (nSPS) is 11.4. The van der Waals surface area contributed by atoms with Crippen molar-refractivity contribution in [1.82, 2.24) is 0 Å². The van der Waals surface area contributed by atoms with Crippen LogP contribution in [0.3, 0.4) is 0 Å². The maximum atomic E-state index is 11.9. The first kappa shape index (κ1) is 31.2. The Morgan fingerprint density at radius 3 is 1.44 bits per heavy atom. The molecule has 0 bridgehead atoms. The molecule has 6 heteroatoms. The van der Waals surface area contributed by atoms with Crippen LogP contribution in [-0.2, 0) is 14.3 Å². The van der Waals surface area contributed by atoms with Crippen LogP contribution in [0.15, 0.2) is 95.9 Å². The van der Waals surface area contributed by atoms with Crippen LogP contribution in [0.5, 0.6) is 0 Å². The fourth-order valence-electron chi connectivity index (χ4n) is 3.59. The zero-order chi connectivity index (χ0) is 25.9. The Labute approximate surface area is 236 Å². The van der Waals surface area contributed by atoms with Crippen molar-refractivity contribution in [2.24, 2.45) is 0 Å². The van der Waals surface area contributed by atoms with Crippen molar-refractivity contribution >= 4 is 44.6 Å². The summed E-state index contributed by atoms with van der Waals surface area (Å²) >= 11 is 1.50. The molecule has 0 aromatic heterocycles. The van der Waals surface area contributed by atoms with Gasteiger partial charge in [0.15, 0.2) is 0 Å². The van der Waals surface area contributed by atoms with E-state index in [9.17, 15) is 8.42 Å². The van der Waals surface area contributed by atoms with E-state index < -0.39 is 26.0 Å². The van der Waals surface area contributed by atoms with Gasteiger partial charge in [-0.25, -0.2) is 0 Å². The summed E-state index contributed by atoms with van der Waals surface area (Å²) in [5.74, 6) is 0. The van der Waals surface area contributed by atoms with E-state index in [-0.39, 0.29) is 11.5 Å². The summed E-state index contributed by atoms with van der Waals surface area (Å²) in [7, 11) is -3.57. The van der Waals surface area contributed by atoms with E-state index in [2.05, 4.69) is 86.2 Å². The number of hydrogen-bond donors (Lipinski definition) is 0. The van der Waals surface area contributed by atoms with E-state index in [1.54, 1.807) is 30.3 Å². The van der Waals surface area contributed by atoms with E-state index >= 15 is 0 Å². The van der Waals surface area contributed by atoms with Gasteiger partial charge in [0.25, 0.3) is 10.1 Å². The molecule has 198 valence electrons. The van der Waals surface area contributed by atoms with Crippen LogP contribution in [0.2, 0.25) is 0 Å². The van der Waals surface area contributed by atoms with Gasteiger partial charge in [0, 0.05) is 0 Å². The molecule has 36 heavy (non-hydrogen) atoms. The van der Waals surface area contributed by atoms with Gasteiger partial charge in [-0.15, -0.1) is 0 Å². The summed E-state index contributed by atoms with van der Waals surface area (Å²) in [5, 5.41) is 0. The van der Waals surface area contributed by atoms with Crippen molar-refractivity contribution in [3.05, 3.63) is 98.1 Å². The van der Waals surface area contributed by atoms with E-state index in [0.29, 0.717) is 0 Å². The Kier molecular flexibility index (Phi) is 16.6. The van der Waals surface area contributed by atoms with Crippen molar-refractivity contribution in [3.8, 4) is 0 Å². The summed E-state index contributed by atoms with van der Waals surface area (Å²) in [6.07, 6.45) is 12.3. The monoisotopic (exact) mass is 734 g/mol. The van der Waals surface area contributed by atoms with Gasteiger partial charge in [0.1, 0.15) is 0 Å². The minimum absolute atomic E-state index is 0.238. The molecule has 0 saturated carbocycles. The Bertz CT molecular complexity index is 990. The Morgan fingerprint density at radius 1 is 0.611 bits per heavy atom. The van der Waals surface area contributed by atoms with Crippen LogP contribution in [-0.4, -0.2) is 15.0 Å². The van der Waals surface area contributed by atoms with Crippen LogP contribution in [0.25, 0.3) is 0 Å². The molecule has 0 aliphatic carbocycles. The minimum atomic E-state index is -3.57. The third-order valence-electron chi connectivity index (χ3n) is 5.62. The first-order valence-electron chi connectivity index (χ1n) is 13.0. The molecule has 0 spiro atoms. The summed E-state index contributed by atoms with van der Waals surface area (Å²) in [6.45, 7) is 2.52. The van der Waals surface area contributed by atoms with Crippen LogP contribution < -0.4 is 0 Å². The first-order valence-corrected chi connectivity index (χ1v) is 22.8. The van der Waals surface area contributed by atoms with E-state index in [1.807, 2.05) is 0 Å². The number of halogens is 2. The van der Waals surface area contributed by atoms with Crippen molar-refractivity contribution < 1.29 is 12.6 Å². The van der Waals surface area contributed by atoms with Gasteiger partial charge in [-0.05, 0) is 18.6 Å². The number of rotatable bonds is 15. The molecule has 3 aromatic carbocycles. The van der Waals surface area contributed by atoms with Crippen molar-refractivity contribution in [1.29, 1.82) is 0 Å². The van der Waals surface area contributed by atoms with Gasteiger partial charge in [-0.1, -0.05) is 82.9 Å². The van der Waals surface area contributed by atoms with E-state index in [0.717, 1.165) is 12.8 Å². The maximum absolute atomic E-state index is 11.9. The van der Waals surface area contributed by atoms with Gasteiger partial charge in [0.2, 0.25) is 0 Å². The van der Waals surface area contributed by atoms with Gasteiger partial charge in [-0.2, -0.15) is 8.42 Å². The second-order valence-electron chi connectivity index (χ2n) is 8.60. The second-order valence-corrected chi connectivity index (χ2v) is 19.5. The van der Waals surface area contributed by atoms with Crippen molar-refractivity contribution in [2.45, 2.75) is 76.0 Å². The van der Waals surface area contributed by atoms with Crippen LogP contribution in [0, 0.1) is 7.14 Å². The molecule has 0 radical (unpaired) electrons. The molecule has 0 aliphatic rings. The van der Waals surface area contributed by atoms with Crippen molar-refractivity contribution in [3.63, 3.8) is 0 Å². The Morgan fingerprint density at radius 2 is 1.00 bits per heavy atom. The van der Waals surface area contributed by atoms with Crippen LogP contribution in [0.4, 0.5) is 0 Å². The Hall–Kier alpha value is -0.970. The second kappa shape index (κ2) is 19.2. The number of unbranched alkanes of at least 4 members (excludes halogenated alkanes) is 9. The standard InChI is InChI=1S/C18H30O3S.C12H10I2/c1-2-3-4-5-6-7-8-9-10-14-17-21-22(19,20)18-15-12-11-13-16-18;13-14(11-7-3-1-4-8-11)12-9-5-2-6-10-12/h11-13,15-16H,2-10,14,17H2,1H3;1-10H. The topological polar surface area (TPSA) is 43.4 Å². The van der Waals surface area contributed by atoms with Gasteiger partial charge < -0.3 is 0 Å². The van der Waals surface area contributed by atoms with Gasteiger partial charge in [0.05, 0.1) is 11.5 Å². The number of benzene rings is 3. The molecular formula is C30H40I2O3S. The Balaban J connectivity index is 0.000000278. The molecule has 3 nitrogen and oxygen atoms in total.